The van der Waals surface area contributed by atoms with Crippen molar-refractivity contribution in [3.8, 4) is 5.75 Å². The van der Waals surface area contributed by atoms with Crippen LogP contribution in [-0.4, -0.2) is 41.5 Å². The SMILES string of the molecule is CC(=O)O.O=C(O)COc1cccc(/C=C/COC(=O)N(c2ccccc2)c2ccccc2)c1. The van der Waals surface area contributed by atoms with Gasteiger partial charge in [-0.3, -0.25) is 4.79 Å². The number of benzene rings is 3. The molecule has 34 heavy (non-hydrogen) atoms. The van der Waals surface area contributed by atoms with Crippen molar-refractivity contribution in [2.75, 3.05) is 18.1 Å². The van der Waals surface area contributed by atoms with Crippen LogP contribution < -0.4 is 9.64 Å². The van der Waals surface area contributed by atoms with Crippen molar-refractivity contribution in [2.24, 2.45) is 0 Å². The molecule has 1 amide bonds. The van der Waals surface area contributed by atoms with Gasteiger partial charge in [-0.1, -0.05) is 54.6 Å². The Morgan fingerprint density at radius 1 is 0.853 bits per heavy atom. The fraction of sp³-hybridized carbons (Fsp3) is 0.115. The molecule has 0 spiro atoms. The van der Waals surface area contributed by atoms with E-state index in [1.165, 1.54) is 4.90 Å². The Balaban J connectivity index is 0.000000945. The number of rotatable bonds is 8. The van der Waals surface area contributed by atoms with Gasteiger partial charge >= 0.3 is 12.1 Å². The van der Waals surface area contributed by atoms with Crippen LogP contribution in [0.5, 0.6) is 5.75 Å². The Bertz CT molecular complexity index is 1050. The molecule has 8 heteroatoms. The molecule has 0 unspecified atom stereocenters. The number of amides is 1. The van der Waals surface area contributed by atoms with Gasteiger partial charge in [0.25, 0.3) is 5.97 Å². The fourth-order valence-corrected chi connectivity index (χ4v) is 2.74. The summed E-state index contributed by atoms with van der Waals surface area (Å²) in [6, 6.07) is 25.6. The summed E-state index contributed by atoms with van der Waals surface area (Å²) in [4.78, 5) is 33.9. The number of carboxylic acid groups (broad SMARTS) is 2. The van der Waals surface area contributed by atoms with Crippen LogP contribution in [0, 0.1) is 0 Å². The highest BCUT2D eigenvalue weighted by atomic mass is 16.6. The molecule has 0 atom stereocenters. The Morgan fingerprint density at radius 2 is 1.41 bits per heavy atom. The molecular weight excluding hydrogens is 438 g/mol. The number of anilines is 2. The predicted octanol–water partition coefficient (Wildman–Crippen LogP) is 5.23. The van der Waals surface area contributed by atoms with E-state index < -0.39 is 24.6 Å². The number of carbonyl (C=O) groups excluding carboxylic acids is 1. The van der Waals surface area contributed by atoms with E-state index >= 15 is 0 Å². The second-order valence-electron chi connectivity index (χ2n) is 6.76. The number of hydrogen-bond donors (Lipinski definition) is 2. The molecule has 0 aromatic heterocycles. The molecule has 0 bridgehead atoms. The zero-order valence-electron chi connectivity index (χ0n) is 18.5. The van der Waals surface area contributed by atoms with Gasteiger partial charge in [0.1, 0.15) is 12.4 Å². The van der Waals surface area contributed by atoms with E-state index in [0.717, 1.165) is 12.5 Å². The average Bonchev–Trinajstić information content (AvgIpc) is 2.82. The molecule has 3 aromatic rings. The van der Waals surface area contributed by atoms with Gasteiger partial charge in [-0.05, 0) is 48.0 Å². The number of carbonyl (C=O) groups is 3. The van der Waals surface area contributed by atoms with E-state index in [2.05, 4.69) is 0 Å². The molecule has 0 saturated heterocycles. The highest BCUT2D eigenvalue weighted by molar-refractivity contribution is 5.95. The predicted molar refractivity (Wildman–Crippen MR) is 128 cm³/mol. The van der Waals surface area contributed by atoms with Crippen LogP contribution >= 0.6 is 0 Å². The van der Waals surface area contributed by atoms with E-state index in [1.54, 1.807) is 30.4 Å². The number of carboxylic acids is 2. The minimum Gasteiger partial charge on any atom is -0.482 e. The molecule has 0 heterocycles. The lowest BCUT2D eigenvalue weighted by atomic mass is 10.2. The first-order valence-electron chi connectivity index (χ1n) is 10.2. The van der Waals surface area contributed by atoms with Gasteiger partial charge in [0, 0.05) is 6.92 Å². The van der Waals surface area contributed by atoms with Crippen LogP contribution in [0.2, 0.25) is 0 Å². The minimum atomic E-state index is -1.04. The largest absolute Gasteiger partial charge is 0.482 e. The Morgan fingerprint density at radius 3 is 1.94 bits per heavy atom. The zero-order chi connectivity index (χ0) is 24.8. The van der Waals surface area contributed by atoms with E-state index in [9.17, 15) is 9.59 Å². The van der Waals surface area contributed by atoms with Crippen molar-refractivity contribution in [3.05, 3.63) is 96.6 Å². The highest BCUT2D eigenvalue weighted by Crippen LogP contribution is 2.25. The molecule has 8 nitrogen and oxygen atoms in total. The van der Waals surface area contributed by atoms with E-state index in [1.807, 2.05) is 66.7 Å². The molecule has 0 aliphatic heterocycles. The van der Waals surface area contributed by atoms with E-state index in [0.29, 0.717) is 17.1 Å². The fourth-order valence-electron chi connectivity index (χ4n) is 2.74. The summed E-state index contributed by atoms with van der Waals surface area (Å²) in [6.07, 6.45) is 2.99. The number of nitrogens with zero attached hydrogens (tertiary/aromatic N) is 1. The second-order valence-corrected chi connectivity index (χ2v) is 6.76. The number of aliphatic carboxylic acids is 2. The van der Waals surface area contributed by atoms with Crippen molar-refractivity contribution in [2.45, 2.75) is 6.92 Å². The topological polar surface area (TPSA) is 113 Å². The molecule has 0 fully saturated rings. The van der Waals surface area contributed by atoms with Crippen LogP contribution in [0.15, 0.2) is 91.0 Å². The highest BCUT2D eigenvalue weighted by Gasteiger charge is 2.18. The Labute approximate surface area is 197 Å². The zero-order valence-corrected chi connectivity index (χ0v) is 18.5. The lowest BCUT2D eigenvalue weighted by molar-refractivity contribution is -0.139. The van der Waals surface area contributed by atoms with Crippen molar-refractivity contribution < 1.29 is 34.1 Å². The maximum absolute atomic E-state index is 12.8. The monoisotopic (exact) mass is 463 g/mol. The molecule has 3 rings (SSSR count). The second kappa shape index (κ2) is 13.7. The molecule has 2 N–H and O–H groups in total. The third kappa shape index (κ3) is 9.27. The van der Waals surface area contributed by atoms with Crippen LogP contribution in [-0.2, 0) is 14.3 Å². The normalized spacial score (nSPS) is 10.0. The molecular formula is C26H25NO7. The van der Waals surface area contributed by atoms with Crippen LogP contribution in [0.1, 0.15) is 12.5 Å². The number of hydrogen-bond acceptors (Lipinski definition) is 5. The van der Waals surface area contributed by atoms with Crippen LogP contribution in [0.25, 0.3) is 6.08 Å². The molecule has 0 aliphatic rings. The van der Waals surface area contributed by atoms with Gasteiger partial charge in [-0.2, -0.15) is 0 Å². The summed E-state index contributed by atoms with van der Waals surface area (Å²) in [5.74, 6) is -1.42. The van der Waals surface area contributed by atoms with Gasteiger partial charge in [0.05, 0.1) is 11.4 Å². The first-order chi connectivity index (χ1) is 16.4. The third-order valence-corrected chi connectivity index (χ3v) is 4.05. The molecule has 0 radical (unpaired) electrons. The first-order valence-corrected chi connectivity index (χ1v) is 10.2. The summed E-state index contributed by atoms with van der Waals surface area (Å²) in [5, 5.41) is 16.1. The van der Waals surface area contributed by atoms with Crippen molar-refractivity contribution >= 4 is 35.5 Å². The summed E-state index contributed by atoms with van der Waals surface area (Å²) in [7, 11) is 0. The maximum Gasteiger partial charge on any atom is 0.419 e. The first kappa shape index (κ1) is 25.7. The van der Waals surface area contributed by atoms with Gasteiger partial charge in [0.15, 0.2) is 6.61 Å². The van der Waals surface area contributed by atoms with Crippen molar-refractivity contribution in [1.82, 2.24) is 0 Å². The van der Waals surface area contributed by atoms with Crippen LogP contribution in [0.3, 0.4) is 0 Å². The summed E-state index contributed by atoms with van der Waals surface area (Å²) < 4.78 is 10.6. The van der Waals surface area contributed by atoms with Gasteiger partial charge in [0.2, 0.25) is 0 Å². The number of para-hydroxylation sites is 2. The standard InChI is InChI=1S/C24H21NO5.C2H4O2/c26-23(27)18-30-22-15-7-9-19(17-22)10-8-16-29-24(28)25(20-11-3-1-4-12-20)21-13-5-2-6-14-21;1-2(3)4/h1-15,17H,16,18H2,(H,26,27);1H3,(H,3,4)/b10-8+;. The molecule has 0 aliphatic carbocycles. The molecule has 176 valence electrons. The Hall–Kier alpha value is -4.59. The van der Waals surface area contributed by atoms with Gasteiger partial charge in [-0.15, -0.1) is 0 Å². The van der Waals surface area contributed by atoms with Crippen LogP contribution in [0.4, 0.5) is 16.2 Å². The number of ether oxygens (including phenoxy) is 2. The summed E-state index contributed by atoms with van der Waals surface area (Å²) >= 11 is 0. The lowest BCUT2D eigenvalue weighted by Crippen LogP contribution is -2.26. The van der Waals surface area contributed by atoms with E-state index in [-0.39, 0.29) is 6.61 Å². The average molecular weight is 463 g/mol. The van der Waals surface area contributed by atoms with E-state index in [4.69, 9.17) is 24.5 Å². The Kier molecular flexibility index (Phi) is 10.4. The summed E-state index contributed by atoms with van der Waals surface area (Å²) in [6.45, 7) is 0.759. The van der Waals surface area contributed by atoms with Crippen molar-refractivity contribution in [3.63, 3.8) is 0 Å². The third-order valence-electron chi connectivity index (χ3n) is 4.05. The quantitative estimate of drug-likeness (QED) is 0.470. The van der Waals surface area contributed by atoms with Crippen molar-refractivity contribution in [1.29, 1.82) is 0 Å². The molecule has 0 saturated carbocycles. The maximum atomic E-state index is 12.8. The molecule has 3 aromatic carbocycles. The minimum absolute atomic E-state index is 0.0786. The summed E-state index contributed by atoms with van der Waals surface area (Å²) in [5.41, 5.74) is 2.22. The smallest absolute Gasteiger partial charge is 0.419 e. The van der Waals surface area contributed by atoms with Gasteiger partial charge in [-0.25, -0.2) is 14.5 Å². The lowest BCUT2D eigenvalue weighted by Gasteiger charge is -2.22. The van der Waals surface area contributed by atoms with Gasteiger partial charge < -0.3 is 19.7 Å².